The molecule has 0 saturated carbocycles. The molecule has 4 heteroatoms. The number of carbonyl (C=O) groups excluding carboxylic acids is 1. The van der Waals surface area contributed by atoms with Crippen LogP contribution >= 0.6 is 0 Å². The Labute approximate surface area is 72.7 Å². The molecule has 0 aliphatic rings. The summed E-state index contributed by atoms with van der Waals surface area (Å²) in [7, 11) is 0. The van der Waals surface area contributed by atoms with Crippen molar-refractivity contribution in [1.82, 2.24) is 5.32 Å². The van der Waals surface area contributed by atoms with Gasteiger partial charge in [-0.3, -0.25) is 4.79 Å². The first-order valence-corrected chi connectivity index (χ1v) is 3.99. The minimum absolute atomic E-state index is 0.132. The van der Waals surface area contributed by atoms with Crippen molar-refractivity contribution >= 4 is 5.91 Å². The van der Waals surface area contributed by atoms with Gasteiger partial charge in [0.15, 0.2) is 0 Å². The zero-order valence-corrected chi connectivity index (χ0v) is 7.50. The average molecular weight is 169 g/mol. The van der Waals surface area contributed by atoms with Gasteiger partial charge in [-0.2, -0.15) is 5.26 Å². The van der Waals surface area contributed by atoms with Gasteiger partial charge in [-0.25, -0.2) is 0 Å². The van der Waals surface area contributed by atoms with Crippen molar-refractivity contribution in [3.63, 3.8) is 0 Å². The van der Waals surface area contributed by atoms with Crippen LogP contribution in [0.1, 0.15) is 20.3 Å². The van der Waals surface area contributed by atoms with Crippen LogP contribution < -0.4 is 11.1 Å². The molecule has 0 rings (SSSR count). The largest absolute Gasteiger partial charge is 0.354 e. The second-order valence-corrected chi connectivity index (χ2v) is 2.97. The quantitative estimate of drug-likeness (QED) is 0.581. The van der Waals surface area contributed by atoms with E-state index in [1.54, 1.807) is 0 Å². The van der Waals surface area contributed by atoms with Crippen molar-refractivity contribution < 1.29 is 4.79 Å². The Morgan fingerprint density at radius 2 is 2.25 bits per heavy atom. The van der Waals surface area contributed by atoms with Crippen LogP contribution in [0.25, 0.3) is 0 Å². The zero-order chi connectivity index (χ0) is 9.56. The minimum Gasteiger partial charge on any atom is -0.354 e. The number of hydrogen-bond donors (Lipinski definition) is 2. The summed E-state index contributed by atoms with van der Waals surface area (Å²) in [5.74, 6) is -0.0488. The number of carbonyl (C=O) groups is 1. The van der Waals surface area contributed by atoms with Crippen LogP contribution in [0.5, 0.6) is 0 Å². The van der Waals surface area contributed by atoms with Crippen molar-refractivity contribution in [3.05, 3.63) is 0 Å². The Bertz CT molecular complexity index is 183. The number of nitrogens with one attached hydrogen (secondary N) is 1. The van der Waals surface area contributed by atoms with Crippen LogP contribution in [0.2, 0.25) is 0 Å². The molecule has 0 aromatic heterocycles. The van der Waals surface area contributed by atoms with Crippen molar-refractivity contribution in [2.45, 2.75) is 26.3 Å². The van der Waals surface area contributed by atoms with Gasteiger partial charge < -0.3 is 11.1 Å². The Hall–Kier alpha value is -1.08. The summed E-state index contributed by atoms with van der Waals surface area (Å²) >= 11 is 0. The summed E-state index contributed by atoms with van der Waals surface area (Å²) < 4.78 is 0. The van der Waals surface area contributed by atoms with Gasteiger partial charge in [-0.1, -0.05) is 13.8 Å². The molecule has 0 fully saturated rings. The molecule has 0 spiro atoms. The van der Waals surface area contributed by atoms with Gasteiger partial charge in [-0.15, -0.1) is 0 Å². The van der Waals surface area contributed by atoms with Crippen molar-refractivity contribution in [2.75, 3.05) is 6.54 Å². The number of nitrogens with zero attached hydrogens (tertiary/aromatic N) is 1. The maximum Gasteiger partial charge on any atom is 0.237 e. The zero-order valence-electron chi connectivity index (χ0n) is 7.50. The van der Waals surface area contributed by atoms with E-state index in [0.29, 0.717) is 13.0 Å². The first-order valence-electron chi connectivity index (χ1n) is 3.99. The molecule has 0 aromatic rings. The van der Waals surface area contributed by atoms with E-state index in [2.05, 4.69) is 5.32 Å². The predicted molar refractivity (Wildman–Crippen MR) is 46.1 cm³/mol. The fourth-order valence-electron chi connectivity index (χ4n) is 0.662. The molecule has 0 aliphatic carbocycles. The normalized spacial score (nSPS) is 12.2. The second-order valence-electron chi connectivity index (χ2n) is 2.97. The third-order valence-corrected chi connectivity index (χ3v) is 1.56. The van der Waals surface area contributed by atoms with E-state index < -0.39 is 6.04 Å². The molecule has 68 valence electrons. The molecular weight excluding hydrogens is 154 g/mol. The molecule has 1 amide bonds. The molecule has 0 aliphatic heterocycles. The van der Waals surface area contributed by atoms with E-state index in [1.807, 2.05) is 19.9 Å². The van der Waals surface area contributed by atoms with Gasteiger partial charge in [0, 0.05) is 6.54 Å². The Morgan fingerprint density at radius 3 is 2.67 bits per heavy atom. The predicted octanol–water partition coefficient (Wildman–Crippen LogP) is -0.000420. The van der Waals surface area contributed by atoms with E-state index in [1.165, 1.54) is 0 Å². The molecule has 0 unspecified atom stereocenters. The van der Waals surface area contributed by atoms with E-state index in [-0.39, 0.29) is 11.8 Å². The summed E-state index contributed by atoms with van der Waals surface area (Å²) in [5.41, 5.74) is 5.55. The number of hydrogen-bond acceptors (Lipinski definition) is 3. The molecule has 4 nitrogen and oxygen atoms in total. The average Bonchev–Trinajstić information content (AvgIpc) is 2.03. The fourth-order valence-corrected chi connectivity index (χ4v) is 0.662. The summed E-state index contributed by atoms with van der Waals surface area (Å²) in [6, 6.07) is 1.47. The highest BCUT2D eigenvalue weighted by atomic mass is 16.2. The fraction of sp³-hybridized carbons (Fsp3) is 0.750. The monoisotopic (exact) mass is 169 g/mol. The topological polar surface area (TPSA) is 78.9 Å². The van der Waals surface area contributed by atoms with Crippen LogP contribution in [0.4, 0.5) is 0 Å². The summed E-state index contributed by atoms with van der Waals surface area (Å²) in [5, 5.41) is 10.8. The lowest BCUT2D eigenvalue weighted by molar-refractivity contribution is -0.123. The highest BCUT2D eigenvalue weighted by Crippen LogP contribution is 1.97. The smallest absolute Gasteiger partial charge is 0.237 e. The lowest BCUT2D eigenvalue weighted by Gasteiger charge is -2.14. The lowest BCUT2D eigenvalue weighted by atomic mass is 10.1. The minimum atomic E-state index is -0.469. The Kier molecular flexibility index (Phi) is 5.06. The molecule has 0 aromatic carbocycles. The molecule has 0 bridgehead atoms. The van der Waals surface area contributed by atoms with Crippen LogP contribution in [0, 0.1) is 17.2 Å². The highest BCUT2D eigenvalue weighted by molar-refractivity contribution is 5.81. The molecule has 12 heavy (non-hydrogen) atoms. The maximum atomic E-state index is 11.1. The van der Waals surface area contributed by atoms with Gasteiger partial charge in [0.25, 0.3) is 0 Å². The van der Waals surface area contributed by atoms with E-state index in [4.69, 9.17) is 11.0 Å². The second kappa shape index (κ2) is 5.56. The van der Waals surface area contributed by atoms with Crippen LogP contribution in [0.3, 0.4) is 0 Å². The van der Waals surface area contributed by atoms with Crippen LogP contribution in [-0.2, 0) is 4.79 Å². The molecule has 3 N–H and O–H groups in total. The van der Waals surface area contributed by atoms with Gasteiger partial charge in [0.05, 0.1) is 18.5 Å². The third-order valence-electron chi connectivity index (χ3n) is 1.56. The SMILES string of the molecule is CC(C)[C@H](N)C(=O)NCCC#N. The van der Waals surface area contributed by atoms with Crippen molar-refractivity contribution in [2.24, 2.45) is 11.7 Å². The van der Waals surface area contributed by atoms with Gasteiger partial charge in [-0.05, 0) is 5.92 Å². The van der Waals surface area contributed by atoms with E-state index >= 15 is 0 Å². The van der Waals surface area contributed by atoms with Crippen LogP contribution in [0.15, 0.2) is 0 Å². The third kappa shape index (κ3) is 3.94. The molecule has 0 heterocycles. The number of nitrogens with two attached hydrogens (primary N) is 1. The Morgan fingerprint density at radius 1 is 1.67 bits per heavy atom. The number of rotatable bonds is 4. The van der Waals surface area contributed by atoms with Crippen molar-refractivity contribution in [3.8, 4) is 6.07 Å². The molecule has 1 atom stereocenters. The molecule has 0 saturated heterocycles. The summed E-state index contributed by atoms with van der Waals surface area (Å²) in [4.78, 5) is 11.1. The molecule has 0 radical (unpaired) electrons. The maximum absolute atomic E-state index is 11.1. The number of nitriles is 1. The van der Waals surface area contributed by atoms with E-state index in [0.717, 1.165) is 0 Å². The summed E-state index contributed by atoms with van der Waals surface area (Å²) in [6.07, 6.45) is 0.330. The first kappa shape index (κ1) is 10.9. The van der Waals surface area contributed by atoms with E-state index in [9.17, 15) is 4.79 Å². The highest BCUT2D eigenvalue weighted by Gasteiger charge is 2.15. The first-order chi connectivity index (χ1) is 5.59. The van der Waals surface area contributed by atoms with Gasteiger partial charge in [0.1, 0.15) is 0 Å². The number of amides is 1. The lowest BCUT2D eigenvalue weighted by Crippen LogP contribution is -2.44. The summed E-state index contributed by atoms with van der Waals surface area (Å²) in [6.45, 7) is 4.15. The molecular formula is C8H15N3O. The standard InChI is InChI=1S/C8H15N3O/c1-6(2)7(10)8(12)11-5-3-4-9/h6-7H,3,5,10H2,1-2H3,(H,11,12)/t7-/m0/s1. The van der Waals surface area contributed by atoms with Crippen molar-refractivity contribution in [1.29, 1.82) is 5.26 Å². The van der Waals surface area contributed by atoms with Crippen LogP contribution in [-0.4, -0.2) is 18.5 Å². The van der Waals surface area contributed by atoms with Gasteiger partial charge >= 0.3 is 0 Å². The Balaban J connectivity index is 3.66. The van der Waals surface area contributed by atoms with Gasteiger partial charge in [0.2, 0.25) is 5.91 Å².